The fourth-order valence-corrected chi connectivity index (χ4v) is 3.02. The van der Waals surface area contributed by atoms with E-state index in [1.165, 1.54) is 24.3 Å². The third-order valence-electron chi connectivity index (χ3n) is 4.55. The smallest absolute Gasteiger partial charge is 0.325 e. The monoisotopic (exact) mass is 408 g/mol. The van der Waals surface area contributed by atoms with Crippen molar-refractivity contribution in [3.05, 3.63) is 35.6 Å². The quantitative estimate of drug-likeness (QED) is 0.420. The first-order valence-electron chi connectivity index (χ1n) is 9.39. The van der Waals surface area contributed by atoms with Crippen molar-refractivity contribution >= 4 is 23.9 Å². The molecule has 0 aliphatic carbocycles. The first-order chi connectivity index (χ1) is 13.8. The molecule has 1 aliphatic heterocycles. The van der Waals surface area contributed by atoms with E-state index in [0.717, 1.165) is 4.90 Å². The van der Waals surface area contributed by atoms with Crippen LogP contribution in [0.2, 0.25) is 0 Å². The van der Waals surface area contributed by atoms with Crippen LogP contribution in [0.5, 0.6) is 0 Å². The van der Waals surface area contributed by atoms with Gasteiger partial charge in [0.05, 0.1) is 0 Å². The van der Waals surface area contributed by atoms with Crippen LogP contribution in [0, 0.1) is 5.82 Å². The second kappa shape index (κ2) is 9.97. The van der Waals surface area contributed by atoms with Crippen molar-refractivity contribution < 1.29 is 28.3 Å². The van der Waals surface area contributed by atoms with Gasteiger partial charge in [0.25, 0.3) is 5.91 Å². The standard InChI is InChI=1S/C19H25FN4O5/c1-3-19(13-6-8-14(20)9-7-13)16(26)24(18(28)23-19)12-15(25)22-17(27)21-10-5-11-29-4-2/h6-9H,3-5,10-12H2,1-2H3,(H,23,28)(H2,21,22,25,27)/t19-/m0/s1. The van der Waals surface area contributed by atoms with Gasteiger partial charge < -0.3 is 15.4 Å². The number of rotatable bonds is 9. The molecule has 0 aromatic heterocycles. The van der Waals surface area contributed by atoms with Gasteiger partial charge in [-0.2, -0.15) is 0 Å². The SMILES string of the molecule is CCOCCCNC(=O)NC(=O)CN1C(=O)N[C@@](CC)(c2ccc(F)cc2)C1=O. The van der Waals surface area contributed by atoms with E-state index in [0.29, 0.717) is 31.7 Å². The molecule has 2 rings (SSSR count). The van der Waals surface area contributed by atoms with Gasteiger partial charge in [-0.15, -0.1) is 0 Å². The van der Waals surface area contributed by atoms with E-state index in [-0.39, 0.29) is 6.42 Å². The summed E-state index contributed by atoms with van der Waals surface area (Å²) in [5.74, 6) is -1.91. The molecule has 158 valence electrons. The molecule has 0 bridgehead atoms. The molecule has 9 nitrogen and oxygen atoms in total. The van der Waals surface area contributed by atoms with Crippen LogP contribution in [-0.2, 0) is 19.9 Å². The van der Waals surface area contributed by atoms with Crippen molar-refractivity contribution in [1.82, 2.24) is 20.9 Å². The lowest BCUT2D eigenvalue weighted by atomic mass is 9.87. The van der Waals surface area contributed by atoms with Crippen LogP contribution < -0.4 is 16.0 Å². The number of benzene rings is 1. The van der Waals surface area contributed by atoms with Crippen molar-refractivity contribution in [3.63, 3.8) is 0 Å². The number of halogens is 1. The Bertz CT molecular complexity index is 770. The zero-order valence-corrected chi connectivity index (χ0v) is 16.4. The first kappa shape index (κ1) is 22.3. The van der Waals surface area contributed by atoms with Gasteiger partial charge in [-0.1, -0.05) is 19.1 Å². The van der Waals surface area contributed by atoms with Gasteiger partial charge in [0.1, 0.15) is 17.9 Å². The maximum Gasteiger partial charge on any atom is 0.325 e. The summed E-state index contributed by atoms with van der Waals surface area (Å²) in [5, 5.41) is 7.15. The molecular formula is C19H25FN4O5. The minimum Gasteiger partial charge on any atom is -0.382 e. The molecule has 1 aromatic rings. The van der Waals surface area contributed by atoms with Crippen molar-refractivity contribution in [2.24, 2.45) is 0 Å². The molecule has 1 aliphatic rings. The summed E-state index contributed by atoms with van der Waals surface area (Å²) >= 11 is 0. The molecule has 1 fully saturated rings. The zero-order chi connectivity index (χ0) is 21.4. The van der Waals surface area contributed by atoms with Crippen LogP contribution in [0.25, 0.3) is 0 Å². The van der Waals surface area contributed by atoms with Gasteiger partial charge >= 0.3 is 12.1 Å². The highest BCUT2D eigenvalue weighted by Crippen LogP contribution is 2.32. The van der Waals surface area contributed by atoms with Crippen LogP contribution in [0.3, 0.4) is 0 Å². The highest BCUT2D eigenvalue weighted by molar-refractivity contribution is 6.10. The highest BCUT2D eigenvalue weighted by Gasteiger charge is 2.51. The zero-order valence-electron chi connectivity index (χ0n) is 16.4. The fraction of sp³-hybridized carbons (Fsp3) is 0.474. The average Bonchev–Trinajstić information content (AvgIpc) is 2.93. The van der Waals surface area contributed by atoms with E-state index >= 15 is 0 Å². The largest absolute Gasteiger partial charge is 0.382 e. The third-order valence-corrected chi connectivity index (χ3v) is 4.55. The minimum absolute atomic E-state index is 0.210. The van der Waals surface area contributed by atoms with E-state index in [9.17, 15) is 23.6 Å². The lowest BCUT2D eigenvalue weighted by molar-refractivity contribution is -0.135. The molecule has 6 amide bonds. The molecule has 3 N–H and O–H groups in total. The molecule has 1 atom stereocenters. The summed E-state index contributed by atoms with van der Waals surface area (Å²) < 4.78 is 18.3. The number of carbonyl (C=O) groups excluding carboxylic acids is 4. The topological polar surface area (TPSA) is 117 Å². The van der Waals surface area contributed by atoms with Crippen molar-refractivity contribution in [2.45, 2.75) is 32.2 Å². The summed E-state index contributed by atoms with van der Waals surface area (Å²) in [6, 6.07) is 3.73. The fourth-order valence-electron chi connectivity index (χ4n) is 3.02. The number of carbonyl (C=O) groups is 4. The van der Waals surface area contributed by atoms with Crippen LogP contribution in [0.15, 0.2) is 24.3 Å². The molecule has 1 heterocycles. The number of hydrogen-bond donors (Lipinski definition) is 3. The predicted molar refractivity (Wildman–Crippen MR) is 101 cm³/mol. The van der Waals surface area contributed by atoms with E-state index in [2.05, 4.69) is 16.0 Å². The molecule has 10 heteroatoms. The summed E-state index contributed by atoms with van der Waals surface area (Å²) in [5.41, 5.74) is -0.971. The summed E-state index contributed by atoms with van der Waals surface area (Å²) in [6.07, 6.45) is 0.792. The Hall–Kier alpha value is -3.01. The van der Waals surface area contributed by atoms with Gasteiger partial charge in [-0.3, -0.25) is 19.8 Å². The van der Waals surface area contributed by atoms with Crippen LogP contribution in [0.4, 0.5) is 14.0 Å². The maximum atomic E-state index is 13.2. The van der Waals surface area contributed by atoms with Crippen molar-refractivity contribution in [1.29, 1.82) is 0 Å². The first-order valence-corrected chi connectivity index (χ1v) is 9.39. The van der Waals surface area contributed by atoms with Gasteiger partial charge in [0.15, 0.2) is 0 Å². The number of nitrogens with zero attached hydrogens (tertiary/aromatic N) is 1. The number of nitrogens with one attached hydrogen (secondary N) is 3. The van der Waals surface area contributed by atoms with E-state index in [1.807, 2.05) is 6.92 Å². The van der Waals surface area contributed by atoms with Gasteiger partial charge in [-0.25, -0.2) is 14.0 Å². The highest BCUT2D eigenvalue weighted by atomic mass is 19.1. The second-order valence-corrected chi connectivity index (χ2v) is 6.44. The Balaban J connectivity index is 1.96. The molecular weight excluding hydrogens is 383 g/mol. The van der Waals surface area contributed by atoms with E-state index in [1.54, 1.807) is 6.92 Å². The lowest BCUT2D eigenvalue weighted by Crippen LogP contribution is -2.47. The number of urea groups is 2. The Kier molecular flexibility index (Phi) is 7.66. The molecule has 29 heavy (non-hydrogen) atoms. The third kappa shape index (κ3) is 5.29. The Morgan fingerprint density at radius 1 is 1.21 bits per heavy atom. The Labute approximate surface area is 168 Å². The van der Waals surface area contributed by atoms with Gasteiger partial charge in [0.2, 0.25) is 5.91 Å². The van der Waals surface area contributed by atoms with Gasteiger partial charge in [0, 0.05) is 19.8 Å². The van der Waals surface area contributed by atoms with Crippen LogP contribution in [-0.4, -0.2) is 55.1 Å². The Morgan fingerprint density at radius 2 is 1.90 bits per heavy atom. The van der Waals surface area contributed by atoms with Crippen LogP contribution >= 0.6 is 0 Å². The average molecular weight is 408 g/mol. The predicted octanol–water partition coefficient (Wildman–Crippen LogP) is 1.24. The number of amides is 6. The number of ether oxygens (including phenoxy) is 1. The van der Waals surface area contributed by atoms with Crippen molar-refractivity contribution in [2.75, 3.05) is 26.3 Å². The molecule has 0 unspecified atom stereocenters. The maximum absolute atomic E-state index is 13.2. The molecule has 0 spiro atoms. The molecule has 0 saturated carbocycles. The molecule has 1 saturated heterocycles. The number of imide groups is 2. The van der Waals surface area contributed by atoms with Crippen molar-refractivity contribution in [3.8, 4) is 0 Å². The summed E-state index contributed by atoms with van der Waals surface area (Å²) in [6.45, 7) is 4.31. The molecule has 1 aromatic carbocycles. The van der Waals surface area contributed by atoms with E-state index < -0.39 is 41.8 Å². The summed E-state index contributed by atoms with van der Waals surface area (Å²) in [4.78, 5) is 49.8. The van der Waals surface area contributed by atoms with E-state index in [4.69, 9.17) is 4.74 Å². The van der Waals surface area contributed by atoms with Crippen LogP contribution in [0.1, 0.15) is 32.3 Å². The minimum atomic E-state index is -1.38. The van der Waals surface area contributed by atoms with Gasteiger partial charge in [-0.05, 0) is 37.5 Å². The normalized spacial score (nSPS) is 18.5. The Morgan fingerprint density at radius 3 is 2.52 bits per heavy atom. The number of hydrogen-bond acceptors (Lipinski definition) is 5. The molecule has 0 radical (unpaired) electrons. The summed E-state index contributed by atoms with van der Waals surface area (Å²) in [7, 11) is 0. The lowest BCUT2D eigenvalue weighted by Gasteiger charge is -2.25. The second-order valence-electron chi connectivity index (χ2n) is 6.44.